The zero-order valence-electron chi connectivity index (χ0n) is 11.7. The van der Waals surface area contributed by atoms with Crippen LogP contribution < -0.4 is 11.1 Å². The van der Waals surface area contributed by atoms with E-state index in [0.29, 0.717) is 5.69 Å². The monoisotopic (exact) mass is 336 g/mol. The topological polar surface area (TPSA) is 72.9 Å². The van der Waals surface area contributed by atoms with Crippen LogP contribution in [0.3, 0.4) is 0 Å². The van der Waals surface area contributed by atoms with Gasteiger partial charge in [-0.3, -0.25) is 9.48 Å². The van der Waals surface area contributed by atoms with Gasteiger partial charge < -0.3 is 11.1 Å². The average Bonchev–Trinajstić information content (AvgIpc) is 2.61. The van der Waals surface area contributed by atoms with Crippen molar-refractivity contribution >= 4 is 33.2 Å². The minimum atomic E-state index is -0.137. The van der Waals surface area contributed by atoms with Gasteiger partial charge in [-0.15, -0.1) is 0 Å². The molecule has 106 valence electrons. The summed E-state index contributed by atoms with van der Waals surface area (Å²) in [7, 11) is 0. The SMILES string of the molecule is Cc1ccc(Br)c(NC(=O)Cn2nc(C)c(N)c2C)c1. The molecule has 20 heavy (non-hydrogen) atoms. The van der Waals surface area contributed by atoms with Gasteiger partial charge in [0.15, 0.2) is 0 Å². The number of benzene rings is 1. The largest absolute Gasteiger partial charge is 0.396 e. The minimum Gasteiger partial charge on any atom is -0.396 e. The first-order chi connectivity index (χ1) is 9.38. The van der Waals surface area contributed by atoms with E-state index in [0.717, 1.165) is 27.1 Å². The Morgan fingerprint density at radius 3 is 2.70 bits per heavy atom. The first-order valence-electron chi connectivity index (χ1n) is 6.24. The highest BCUT2D eigenvalue weighted by Gasteiger charge is 2.12. The van der Waals surface area contributed by atoms with Gasteiger partial charge in [-0.05, 0) is 54.4 Å². The molecule has 0 fully saturated rings. The first kappa shape index (κ1) is 14.6. The van der Waals surface area contributed by atoms with Gasteiger partial charge in [0.25, 0.3) is 0 Å². The predicted octanol–water partition coefficient (Wildman–Crippen LogP) is 2.79. The molecule has 0 saturated carbocycles. The van der Waals surface area contributed by atoms with Crippen molar-refractivity contribution in [3.05, 3.63) is 39.6 Å². The minimum absolute atomic E-state index is 0.137. The van der Waals surface area contributed by atoms with Gasteiger partial charge in [0.2, 0.25) is 5.91 Å². The van der Waals surface area contributed by atoms with E-state index >= 15 is 0 Å². The van der Waals surface area contributed by atoms with Gasteiger partial charge >= 0.3 is 0 Å². The number of anilines is 2. The number of amides is 1. The van der Waals surface area contributed by atoms with Crippen LogP contribution in [0.5, 0.6) is 0 Å². The van der Waals surface area contributed by atoms with Gasteiger partial charge in [0.1, 0.15) is 6.54 Å². The van der Waals surface area contributed by atoms with Gasteiger partial charge in [0.05, 0.1) is 22.8 Å². The molecule has 1 aromatic heterocycles. The summed E-state index contributed by atoms with van der Waals surface area (Å²) in [5, 5.41) is 7.12. The quantitative estimate of drug-likeness (QED) is 0.905. The number of aromatic nitrogens is 2. The summed E-state index contributed by atoms with van der Waals surface area (Å²) in [5.74, 6) is -0.137. The van der Waals surface area contributed by atoms with Crippen molar-refractivity contribution in [3.8, 4) is 0 Å². The molecule has 0 bridgehead atoms. The number of hydrogen-bond acceptors (Lipinski definition) is 3. The number of nitrogens with one attached hydrogen (secondary N) is 1. The Balaban J connectivity index is 2.13. The molecule has 5 nitrogen and oxygen atoms in total. The van der Waals surface area contributed by atoms with E-state index in [1.165, 1.54) is 0 Å². The van der Waals surface area contributed by atoms with Crippen LogP contribution in [0.1, 0.15) is 17.0 Å². The zero-order chi connectivity index (χ0) is 14.9. The molecular formula is C14H17BrN4O. The summed E-state index contributed by atoms with van der Waals surface area (Å²) in [4.78, 5) is 12.1. The molecule has 0 aliphatic carbocycles. The molecule has 2 rings (SSSR count). The molecular weight excluding hydrogens is 320 g/mol. The Morgan fingerprint density at radius 2 is 2.10 bits per heavy atom. The van der Waals surface area contributed by atoms with E-state index in [1.54, 1.807) is 4.68 Å². The molecule has 0 aliphatic rings. The molecule has 1 heterocycles. The third kappa shape index (κ3) is 3.01. The molecule has 6 heteroatoms. The molecule has 1 aromatic carbocycles. The van der Waals surface area contributed by atoms with E-state index < -0.39 is 0 Å². The van der Waals surface area contributed by atoms with Crippen LogP contribution in [0.4, 0.5) is 11.4 Å². The van der Waals surface area contributed by atoms with Gasteiger partial charge in [-0.25, -0.2) is 0 Å². The second-order valence-corrected chi connectivity index (χ2v) is 5.63. The van der Waals surface area contributed by atoms with E-state index in [9.17, 15) is 4.79 Å². The maximum absolute atomic E-state index is 12.1. The lowest BCUT2D eigenvalue weighted by atomic mass is 10.2. The lowest BCUT2D eigenvalue weighted by Gasteiger charge is -2.09. The van der Waals surface area contributed by atoms with Crippen LogP contribution in [0.15, 0.2) is 22.7 Å². The Hall–Kier alpha value is -1.82. The fourth-order valence-corrected chi connectivity index (χ4v) is 2.27. The Bertz CT molecular complexity index is 663. The molecule has 0 spiro atoms. The van der Waals surface area contributed by atoms with Crippen molar-refractivity contribution < 1.29 is 4.79 Å². The molecule has 0 saturated heterocycles. The molecule has 3 N–H and O–H groups in total. The fourth-order valence-electron chi connectivity index (χ4n) is 1.93. The summed E-state index contributed by atoms with van der Waals surface area (Å²) < 4.78 is 2.47. The highest BCUT2D eigenvalue weighted by atomic mass is 79.9. The highest BCUT2D eigenvalue weighted by molar-refractivity contribution is 9.10. The van der Waals surface area contributed by atoms with Crippen molar-refractivity contribution in [2.45, 2.75) is 27.3 Å². The lowest BCUT2D eigenvalue weighted by Crippen LogP contribution is -2.20. The number of halogens is 1. The third-order valence-electron chi connectivity index (χ3n) is 3.13. The molecule has 0 radical (unpaired) electrons. The van der Waals surface area contributed by atoms with Crippen molar-refractivity contribution in [3.63, 3.8) is 0 Å². The van der Waals surface area contributed by atoms with Crippen LogP contribution >= 0.6 is 15.9 Å². The van der Waals surface area contributed by atoms with E-state index in [-0.39, 0.29) is 12.5 Å². The Morgan fingerprint density at radius 1 is 1.40 bits per heavy atom. The first-order valence-corrected chi connectivity index (χ1v) is 7.03. The summed E-state index contributed by atoms with van der Waals surface area (Å²) in [5.41, 5.74) is 9.87. The van der Waals surface area contributed by atoms with Crippen LogP contribution in [-0.4, -0.2) is 15.7 Å². The van der Waals surface area contributed by atoms with Crippen molar-refractivity contribution in [2.75, 3.05) is 11.1 Å². The molecule has 0 aliphatic heterocycles. The summed E-state index contributed by atoms with van der Waals surface area (Å²) in [6.45, 7) is 5.80. The summed E-state index contributed by atoms with van der Waals surface area (Å²) in [6, 6.07) is 5.80. The number of aryl methyl sites for hydroxylation is 2. The second-order valence-electron chi connectivity index (χ2n) is 4.77. The van der Waals surface area contributed by atoms with Crippen molar-refractivity contribution in [2.24, 2.45) is 0 Å². The Labute approximate surface area is 126 Å². The average molecular weight is 337 g/mol. The summed E-state index contributed by atoms with van der Waals surface area (Å²) in [6.07, 6.45) is 0. The number of nitrogen functional groups attached to an aromatic ring is 1. The maximum atomic E-state index is 12.1. The van der Waals surface area contributed by atoms with Crippen LogP contribution in [0.25, 0.3) is 0 Å². The smallest absolute Gasteiger partial charge is 0.246 e. The number of carbonyl (C=O) groups is 1. The fraction of sp³-hybridized carbons (Fsp3) is 0.286. The predicted molar refractivity (Wildman–Crippen MR) is 83.6 cm³/mol. The number of rotatable bonds is 3. The van der Waals surface area contributed by atoms with E-state index in [2.05, 4.69) is 26.3 Å². The van der Waals surface area contributed by atoms with Crippen molar-refractivity contribution in [1.82, 2.24) is 9.78 Å². The van der Waals surface area contributed by atoms with Crippen LogP contribution in [0.2, 0.25) is 0 Å². The van der Waals surface area contributed by atoms with Gasteiger partial charge in [0, 0.05) is 4.47 Å². The van der Waals surface area contributed by atoms with Crippen molar-refractivity contribution in [1.29, 1.82) is 0 Å². The zero-order valence-corrected chi connectivity index (χ0v) is 13.3. The van der Waals surface area contributed by atoms with E-state index in [4.69, 9.17) is 5.73 Å². The van der Waals surface area contributed by atoms with E-state index in [1.807, 2.05) is 39.0 Å². The third-order valence-corrected chi connectivity index (χ3v) is 3.82. The number of nitrogens with zero attached hydrogens (tertiary/aromatic N) is 2. The normalized spacial score (nSPS) is 10.6. The molecule has 1 amide bonds. The molecule has 0 atom stereocenters. The maximum Gasteiger partial charge on any atom is 0.246 e. The van der Waals surface area contributed by atoms with Crippen LogP contribution in [0, 0.1) is 20.8 Å². The number of carbonyl (C=O) groups excluding carboxylic acids is 1. The van der Waals surface area contributed by atoms with Gasteiger partial charge in [-0.1, -0.05) is 6.07 Å². The van der Waals surface area contributed by atoms with Gasteiger partial charge in [-0.2, -0.15) is 5.10 Å². The Kier molecular flexibility index (Phi) is 4.13. The highest BCUT2D eigenvalue weighted by Crippen LogP contribution is 2.23. The number of nitrogens with two attached hydrogens (primary N) is 1. The standard InChI is InChI=1S/C14H17BrN4O/c1-8-4-5-11(15)12(6-8)17-13(20)7-19-10(3)14(16)9(2)18-19/h4-6H,7,16H2,1-3H3,(H,17,20). The second kappa shape index (κ2) is 5.66. The number of hydrogen-bond donors (Lipinski definition) is 2. The lowest BCUT2D eigenvalue weighted by molar-refractivity contribution is -0.116. The molecule has 0 unspecified atom stereocenters. The van der Waals surface area contributed by atoms with Crippen LogP contribution in [-0.2, 0) is 11.3 Å². The molecule has 2 aromatic rings. The summed E-state index contributed by atoms with van der Waals surface area (Å²) >= 11 is 3.42.